The van der Waals surface area contributed by atoms with E-state index in [1.54, 1.807) is 0 Å². The second kappa shape index (κ2) is 5.87. The number of hydrazone groups is 1. The van der Waals surface area contributed by atoms with Crippen LogP contribution in [0.1, 0.15) is 27.2 Å². The van der Waals surface area contributed by atoms with Gasteiger partial charge < -0.3 is 7.58 Å². The summed E-state index contributed by atoms with van der Waals surface area (Å²) in [5.74, 6) is 0.894. The largest absolute Gasteiger partial charge is 0.651 e. The van der Waals surface area contributed by atoms with Crippen LogP contribution in [0.15, 0.2) is 35.4 Å². The number of anilines is 1. The molecule has 2 aliphatic rings. The van der Waals surface area contributed by atoms with E-state index in [4.69, 9.17) is 12.7 Å². The molecule has 4 nitrogen and oxygen atoms in total. The molecule has 106 valence electrons. The third kappa shape index (κ3) is 2.64. The van der Waals surface area contributed by atoms with Crippen LogP contribution in [-0.4, -0.2) is 33.9 Å². The van der Waals surface area contributed by atoms with Gasteiger partial charge >= 0.3 is 15.9 Å². The lowest BCUT2D eigenvalue weighted by molar-refractivity contribution is -0.000463. The normalized spacial score (nSPS) is 29.1. The number of benzene rings is 1. The van der Waals surface area contributed by atoms with Crippen molar-refractivity contribution in [2.75, 3.05) is 5.01 Å². The Labute approximate surface area is 127 Å². The highest BCUT2D eigenvalue weighted by molar-refractivity contribution is 6.19. The molecule has 0 N–H and O–H groups in total. The Morgan fingerprint density at radius 1 is 1.25 bits per heavy atom. The van der Waals surface area contributed by atoms with E-state index in [1.807, 2.05) is 23.2 Å². The molecule has 1 fully saturated rings. The molecule has 1 saturated heterocycles. The van der Waals surface area contributed by atoms with Crippen molar-refractivity contribution in [3.05, 3.63) is 30.3 Å². The zero-order valence-corrected chi connectivity index (χ0v) is 13.7. The Hall–Kier alpha value is -0.858. The molecule has 1 aromatic rings. The van der Waals surface area contributed by atoms with Crippen LogP contribution in [0.3, 0.4) is 0 Å². The molecule has 3 rings (SSSR count). The predicted molar refractivity (Wildman–Crippen MR) is 81.9 cm³/mol. The van der Waals surface area contributed by atoms with Gasteiger partial charge in [0.1, 0.15) is 6.23 Å². The summed E-state index contributed by atoms with van der Waals surface area (Å²) in [6.45, 7) is 6.57. The Bertz CT molecular complexity index is 492. The maximum Gasteiger partial charge on any atom is 0.651 e. The van der Waals surface area contributed by atoms with Gasteiger partial charge in [0.25, 0.3) is 0 Å². The van der Waals surface area contributed by atoms with Gasteiger partial charge in [0.05, 0.1) is 11.6 Å². The fourth-order valence-corrected chi connectivity index (χ4v) is 4.13. The third-order valence-electron chi connectivity index (χ3n) is 3.94. The topological polar surface area (TPSA) is 34.1 Å². The van der Waals surface area contributed by atoms with Gasteiger partial charge in [0.2, 0.25) is 0 Å². The Kier molecular flexibility index (Phi) is 4.14. The molecule has 2 heterocycles. The molecule has 0 aliphatic carbocycles. The van der Waals surface area contributed by atoms with Crippen molar-refractivity contribution >= 4 is 27.3 Å². The molecule has 0 spiro atoms. The van der Waals surface area contributed by atoms with E-state index >= 15 is 0 Å². The van der Waals surface area contributed by atoms with Gasteiger partial charge in [-0.1, -0.05) is 32.0 Å². The van der Waals surface area contributed by atoms with Crippen LogP contribution in [0.4, 0.5) is 5.69 Å². The minimum Gasteiger partial charge on any atom is -0.478 e. The highest BCUT2D eigenvalue weighted by Gasteiger charge is 2.45. The van der Waals surface area contributed by atoms with Crippen LogP contribution in [0.5, 0.6) is 0 Å². The number of hydrogen-bond donors (Lipinski definition) is 0. The van der Waals surface area contributed by atoms with E-state index in [-0.39, 0.29) is 18.2 Å². The Morgan fingerprint density at radius 2 is 2.00 bits per heavy atom. The van der Waals surface area contributed by atoms with Crippen molar-refractivity contribution in [3.63, 3.8) is 0 Å². The zero-order chi connectivity index (χ0) is 14.1. The van der Waals surface area contributed by atoms with E-state index in [2.05, 4.69) is 32.9 Å². The molecule has 0 amide bonds. The fourth-order valence-electron chi connectivity index (χ4n) is 3.04. The van der Waals surface area contributed by atoms with Gasteiger partial charge in [-0.05, 0) is 31.4 Å². The maximum absolute atomic E-state index is 5.98. The van der Waals surface area contributed by atoms with Gasteiger partial charge in [-0.3, -0.25) is 0 Å². The van der Waals surface area contributed by atoms with Crippen molar-refractivity contribution in [1.82, 2.24) is 0 Å². The molecule has 0 aromatic heterocycles. The zero-order valence-electron chi connectivity index (χ0n) is 12.3. The quantitative estimate of drug-likeness (QED) is 0.802. The SMILES string of the molecule is CC1=NN(c2ccccc2)C2[O][AlH][O]C(CC(C)C)C12. The lowest BCUT2D eigenvalue weighted by Crippen LogP contribution is -2.49. The maximum atomic E-state index is 5.98. The summed E-state index contributed by atoms with van der Waals surface area (Å²) < 4.78 is 11.9. The fraction of sp³-hybridized carbons (Fsp3) is 0.533. The molecule has 3 unspecified atom stereocenters. The summed E-state index contributed by atoms with van der Waals surface area (Å²) in [5, 5.41) is 6.76. The van der Waals surface area contributed by atoms with Crippen LogP contribution in [0.25, 0.3) is 0 Å². The van der Waals surface area contributed by atoms with E-state index < -0.39 is 15.9 Å². The lowest BCUT2D eigenvalue weighted by Gasteiger charge is -2.38. The van der Waals surface area contributed by atoms with E-state index in [0.29, 0.717) is 5.92 Å². The van der Waals surface area contributed by atoms with E-state index in [9.17, 15) is 0 Å². The first-order valence-electron chi connectivity index (χ1n) is 7.29. The van der Waals surface area contributed by atoms with Crippen LogP contribution >= 0.6 is 0 Å². The molecular formula is C15H21AlN2O2. The lowest BCUT2D eigenvalue weighted by atomic mass is 9.90. The summed E-state index contributed by atoms with van der Waals surface area (Å²) in [5.41, 5.74) is 2.22. The molecule has 20 heavy (non-hydrogen) atoms. The second-order valence-electron chi connectivity index (χ2n) is 5.96. The Balaban J connectivity index is 1.85. The Morgan fingerprint density at radius 3 is 2.70 bits per heavy atom. The first-order chi connectivity index (χ1) is 9.66. The molecule has 5 heteroatoms. The monoisotopic (exact) mass is 288 g/mol. The summed E-state index contributed by atoms with van der Waals surface area (Å²) in [6, 6.07) is 10.3. The number of fused-ring (bicyclic) bond motifs is 1. The second-order valence-corrected chi connectivity index (χ2v) is 6.86. The van der Waals surface area contributed by atoms with Gasteiger partial charge in [-0.2, -0.15) is 5.10 Å². The molecule has 0 radical (unpaired) electrons. The van der Waals surface area contributed by atoms with Gasteiger partial charge in [0, 0.05) is 11.8 Å². The summed E-state index contributed by atoms with van der Waals surface area (Å²) in [7, 11) is 0. The van der Waals surface area contributed by atoms with Crippen molar-refractivity contribution < 1.29 is 7.58 Å². The number of rotatable bonds is 3. The number of para-hydroxylation sites is 1. The van der Waals surface area contributed by atoms with Crippen LogP contribution < -0.4 is 5.01 Å². The predicted octanol–water partition coefficient (Wildman–Crippen LogP) is 2.55. The highest BCUT2D eigenvalue weighted by Crippen LogP contribution is 2.35. The van der Waals surface area contributed by atoms with E-state index in [0.717, 1.165) is 17.8 Å². The van der Waals surface area contributed by atoms with Crippen LogP contribution in [0, 0.1) is 11.8 Å². The van der Waals surface area contributed by atoms with Crippen molar-refractivity contribution in [2.24, 2.45) is 16.9 Å². The summed E-state index contributed by atoms with van der Waals surface area (Å²) >= 11 is -0.906. The molecule has 1 aromatic carbocycles. The average molecular weight is 288 g/mol. The minimum absolute atomic E-state index is 0.0292. The number of nitrogens with zero attached hydrogens (tertiary/aromatic N) is 2. The van der Waals surface area contributed by atoms with Crippen molar-refractivity contribution in [2.45, 2.75) is 39.5 Å². The van der Waals surface area contributed by atoms with Crippen LogP contribution in [0.2, 0.25) is 0 Å². The molecule has 0 saturated carbocycles. The smallest absolute Gasteiger partial charge is 0.478 e. The molecule has 3 atom stereocenters. The van der Waals surface area contributed by atoms with Gasteiger partial charge in [-0.25, -0.2) is 5.01 Å². The van der Waals surface area contributed by atoms with Crippen molar-refractivity contribution in [3.8, 4) is 0 Å². The average Bonchev–Trinajstić information content (AvgIpc) is 2.78. The molecule has 2 aliphatic heterocycles. The molecular weight excluding hydrogens is 267 g/mol. The van der Waals surface area contributed by atoms with Gasteiger partial charge in [-0.15, -0.1) is 0 Å². The third-order valence-corrected chi connectivity index (χ3v) is 4.98. The first kappa shape index (κ1) is 14.1. The standard InChI is InChI=1S/C15H20N2O2.Al.H/c1-10(2)9-13(18)14-11(3)16-17(15(14)19)12-7-5-4-6-8-12;;/h4-8,10,13-15H,9H2,1-3H3;;/q-2;+2;. The van der Waals surface area contributed by atoms with Crippen molar-refractivity contribution in [1.29, 1.82) is 0 Å². The molecule has 0 bridgehead atoms. The van der Waals surface area contributed by atoms with Crippen LogP contribution in [-0.2, 0) is 7.58 Å². The summed E-state index contributed by atoms with van der Waals surface area (Å²) in [6.07, 6.45) is 1.37. The minimum atomic E-state index is -0.906. The first-order valence-corrected chi connectivity index (χ1v) is 8.45. The highest BCUT2D eigenvalue weighted by atomic mass is 27.2. The summed E-state index contributed by atoms with van der Waals surface area (Å²) in [4.78, 5) is 0. The van der Waals surface area contributed by atoms with E-state index in [1.165, 1.54) is 0 Å². The number of hydrogen-bond acceptors (Lipinski definition) is 4. The van der Waals surface area contributed by atoms with Gasteiger partial charge in [0.15, 0.2) is 0 Å².